The van der Waals surface area contributed by atoms with Gasteiger partial charge in [-0.3, -0.25) is 4.79 Å². The van der Waals surface area contributed by atoms with Crippen LogP contribution in [0.2, 0.25) is 0 Å². The first-order valence-corrected chi connectivity index (χ1v) is 4.16. The van der Waals surface area contributed by atoms with E-state index in [2.05, 4.69) is 10.2 Å². The molecule has 0 heterocycles. The first-order valence-electron chi connectivity index (χ1n) is 4.16. The summed E-state index contributed by atoms with van der Waals surface area (Å²) in [5.41, 5.74) is 4.41. The SMILES string of the molecule is CC(C)(CO[N+](=O)[O-])NC(=O)CCN. The van der Waals surface area contributed by atoms with E-state index in [0.29, 0.717) is 0 Å². The highest BCUT2D eigenvalue weighted by molar-refractivity contribution is 5.76. The van der Waals surface area contributed by atoms with Gasteiger partial charge in [-0.1, -0.05) is 0 Å². The number of nitrogens with two attached hydrogens (primary N) is 1. The minimum absolute atomic E-state index is 0.184. The molecule has 0 bridgehead atoms. The van der Waals surface area contributed by atoms with Crippen molar-refractivity contribution < 1.29 is 14.7 Å². The highest BCUT2D eigenvalue weighted by Gasteiger charge is 2.21. The van der Waals surface area contributed by atoms with Gasteiger partial charge in [0.15, 0.2) is 0 Å². The molecule has 0 saturated heterocycles. The molecule has 3 N–H and O–H groups in total. The van der Waals surface area contributed by atoms with Crippen LogP contribution in [0, 0.1) is 10.1 Å². The second-order valence-corrected chi connectivity index (χ2v) is 3.47. The zero-order valence-electron chi connectivity index (χ0n) is 8.28. The molecule has 0 radical (unpaired) electrons. The highest BCUT2D eigenvalue weighted by Crippen LogP contribution is 2.02. The van der Waals surface area contributed by atoms with Crippen molar-refractivity contribution in [3.63, 3.8) is 0 Å². The predicted octanol–water partition coefficient (Wildman–Crippen LogP) is -0.562. The molecule has 0 atom stereocenters. The van der Waals surface area contributed by atoms with Crippen molar-refractivity contribution in [2.75, 3.05) is 13.2 Å². The molecule has 0 fully saturated rings. The summed E-state index contributed by atoms with van der Waals surface area (Å²) in [4.78, 5) is 25.2. The fraction of sp³-hybridized carbons (Fsp3) is 0.857. The second kappa shape index (κ2) is 5.38. The molecule has 0 aliphatic rings. The number of hydrogen-bond acceptors (Lipinski definition) is 5. The number of hydrogen-bond donors (Lipinski definition) is 2. The molecule has 1 amide bonds. The molecule has 14 heavy (non-hydrogen) atoms. The van der Waals surface area contributed by atoms with Crippen LogP contribution in [-0.4, -0.2) is 29.7 Å². The molecule has 0 saturated carbocycles. The van der Waals surface area contributed by atoms with Crippen LogP contribution in [0.3, 0.4) is 0 Å². The Hall–Kier alpha value is -1.37. The van der Waals surface area contributed by atoms with E-state index in [0.717, 1.165) is 0 Å². The van der Waals surface area contributed by atoms with E-state index in [-0.39, 0.29) is 25.5 Å². The fourth-order valence-corrected chi connectivity index (χ4v) is 0.821. The van der Waals surface area contributed by atoms with Crippen LogP contribution in [-0.2, 0) is 9.63 Å². The molecule has 0 rings (SSSR count). The van der Waals surface area contributed by atoms with Gasteiger partial charge in [0.2, 0.25) is 5.91 Å². The zero-order valence-corrected chi connectivity index (χ0v) is 8.28. The summed E-state index contributed by atoms with van der Waals surface area (Å²) in [6, 6.07) is 0. The third-order valence-electron chi connectivity index (χ3n) is 1.38. The summed E-state index contributed by atoms with van der Waals surface area (Å²) >= 11 is 0. The standard InChI is InChI=1S/C7H15N3O4/c1-7(2,5-14-10(12)13)9-6(11)3-4-8/h3-5,8H2,1-2H3,(H,9,11). The maximum atomic E-state index is 11.1. The van der Waals surface area contributed by atoms with Crippen LogP contribution in [0.4, 0.5) is 0 Å². The Bertz CT molecular complexity index is 217. The normalized spacial score (nSPS) is 10.8. The largest absolute Gasteiger partial charge is 0.349 e. The van der Waals surface area contributed by atoms with E-state index in [9.17, 15) is 14.9 Å². The molecule has 0 aliphatic heterocycles. The summed E-state index contributed by atoms with van der Waals surface area (Å²) in [6.45, 7) is 3.32. The van der Waals surface area contributed by atoms with Crippen LogP contribution in [0.25, 0.3) is 0 Å². The Morgan fingerprint density at radius 3 is 2.64 bits per heavy atom. The minimum atomic E-state index is -0.892. The maximum absolute atomic E-state index is 11.1. The van der Waals surface area contributed by atoms with Crippen LogP contribution in [0.5, 0.6) is 0 Å². The average Bonchev–Trinajstić information content (AvgIpc) is 2.00. The van der Waals surface area contributed by atoms with Gasteiger partial charge in [0.05, 0.1) is 5.54 Å². The smallest absolute Gasteiger partial charge is 0.294 e. The van der Waals surface area contributed by atoms with E-state index < -0.39 is 10.6 Å². The van der Waals surface area contributed by atoms with E-state index in [1.165, 1.54) is 0 Å². The van der Waals surface area contributed by atoms with Gasteiger partial charge in [-0.15, -0.1) is 10.1 Å². The van der Waals surface area contributed by atoms with Gasteiger partial charge in [0.25, 0.3) is 5.09 Å². The Kier molecular flexibility index (Phi) is 4.85. The lowest BCUT2D eigenvalue weighted by Gasteiger charge is -2.24. The number of carbonyl (C=O) groups is 1. The first-order chi connectivity index (χ1) is 6.37. The lowest BCUT2D eigenvalue weighted by Crippen LogP contribution is -2.47. The third-order valence-corrected chi connectivity index (χ3v) is 1.38. The number of rotatable bonds is 6. The Labute approximate surface area is 81.7 Å². The topological polar surface area (TPSA) is 107 Å². The summed E-state index contributed by atoms with van der Waals surface area (Å²) in [7, 11) is 0. The van der Waals surface area contributed by atoms with Gasteiger partial charge < -0.3 is 15.9 Å². The van der Waals surface area contributed by atoms with Crippen molar-refractivity contribution in [1.82, 2.24) is 5.32 Å². The molecular formula is C7H15N3O4. The zero-order chi connectivity index (χ0) is 11.2. The van der Waals surface area contributed by atoms with Crippen molar-refractivity contribution in [2.24, 2.45) is 5.73 Å². The molecule has 7 nitrogen and oxygen atoms in total. The highest BCUT2D eigenvalue weighted by atomic mass is 16.9. The number of carbonyl (C=O) groups excluding carboxylic acids is 1. The monoisotopic (exact) mass is 205 g/mol. The van der Waals surface area contributed by atoms with Gasteiger partial charge in [0.1, 0.15) is 6.61 Å². The summed E-state index contributed by atoms with van der Waals surface area (Å²) in [5, 5.41) is 11.6. The van der Waals surface area contributed by atoms with Crippen LogP contribution in [0.15, 0.2) is 0 Å². The number of nitrogens with one attached hydrogen (secondary N) is 1. The van der Waals surface area contributed by atoms with E-state index in [4.69, 9.17) is 5.73 Å². The molecular weight excluding hydrogens is 190 g/mol. The van der Waals surface area contributed by atoms with Gasteiger partial charge >= 0.3 is 0 Å². The first kappa shape index (κ1) is 12.6. The summed E-state index contributed by atoms with van der Waals surface area (Å²) in [5.74, 6) is -0.246. The van der Waals surface area contributed by atoms with Crippen molar-refractivity contribution in [3.8, 4) is 0 Å². The lowest BCUT2D eigenvalue weighted by atomic mass is 10.1. The minimum Gasteiger partial charge on any atom is -0.349 e. The van der Waals surface area contributed by atoms with Gasteiger partial charge in [0, 0.05) is 13.0 Å². The van der Waals surface area contributed by atoms with E-state index in [1.807, 2.05) is 0 Å². The third kappa shape index (κ3) is 6.18. The van der Waals surface area contributed by atoms with E-state index in [1.54, 1.807) is 13.8 Å². The Morgan fingerprint density at radius 2 is 2.21 bits per heavy atom. The summed E-state index contributed by atoms with van der Waals surface area (Å²) < 4.78 is 0. The van der Waals surface area contributed by atoms with Crippen molar-refractivity contribution in [1.29, 1.82) is 0 Å². The predicted molar refractivity (Wildman–Crippen MR) is 48.8 cm³/mol. The van der Waals surface area contributed by atoms with Crippen LogP contribution in [0.1, 0.15) is 20.3 Å². The maximum Gasteiger partial charge on any atom is 0.294 e. The number of amides is 1. The van der Waals surface area contributed by atoms with E-state index >= 15 is 0 Å². The summed E-state index contributed by atoms with van der Waals surface area (Å²) in [6.07, 6.45) is 0.196. The van der Waals surface area contributed by atoms with Gasteiger partial charge in [-0.2, -0.15) is 0 Å². The van der Waals surface area contributed by atoms with Crippen molar-refractivity contribution in [2.45, 2.75) is 25.8 Å². The molecule has 0 aromatic carbocycles. The van der Waals surface area contributed by atoms with Crippen LogP contribution < -0.4 is 11.1 Å². The quantitative estimate of drug-likeness (QED) is 0.446. The molecule has 0 spiro atoms. The van der Waals surface area contributed by atoms with Gasteiger partial charge in [-0.05, 0) is 13.8 Å². The Balaban J connectivity index is 3.93. The average molecular weight is 205 g/mol. The molecule has 0 aromatic rings. The van der Waals surface area contributed by atoms with Gasteiger partial charge in [-0.25, -0.2) is 0 Å². The van der Waals surface area contributed by atoms with Crippen molar-refractivity contribution in [3.05, 3.63) is 10.1 Å². The number of nitrogens with zero attached hydrogens (tertiary/aromatic N) is 1. The lowest BCUT2D eigenvalue weighted by molar-refractivity contribution is -0.759. The fourth-order valence-electron chi connectivity index (χ4n) is 0.821. The second-order valence-electron chi connectivity index (χ2n) is 3.47. The van der Waals surface area contributed by atoms with Crippen LogP contribution >= 0.6 is 0 Å². The molecule has 82 valence electrons. The Morgan fingerprint density at radius 1 is 1.64 bits per heavy atom. The molecule has 0 aromatic heterocycles. The molecule has 7 heteroatoms. The van der Waals surface area contributed by atoms with Crippen molar-refractivity contribution >= 4 is 5.91 Å². The molecule has 0 unspecified atom stereocenters. The molecule has 0 aliphatic carbocycles.